The van der Waals surface area contributed by atoms with Crippen LogP contribution in [0.25, 0.3) is 6.08 Å². The molecule has 0 radical (unpaired) electrons. The van der Waals surface area contributed by atoms with Crippen molar-refractivity contribution in [2.45, 2.75) is 85.7 Å². The summed E-state index contributed by atoms with van der Waals surface area (Å²) in [7, 11) is 0. The summed E-state index contributed by atoms with van der Waals surface area (Å²) in [5.74, 6) is 1.18. The van der Waals surface area contributed by atoms with Crippen LogP contribution in [-0.2, 0) is 0 Å². The molecule has 0 aromatic heterocycles. The molecule has 1 heterocycles. The number of rotatable bonds is 9. The Hall–Kier alpha value is -2.22. The van der Waals surface area contributed by atoms with Crippen molar-refractivity contribution in [3.05, 3.63) is 64.3 Å². The molecule has 1 aliphatic heterocycles. The lowest BCUT2D eigenvalue weighted by molar-refractivity contribution is 0.128. The van der Waals surface area contributed by atoms with E-state index in [1.165, 1.54) is 16.7 Å². The fourth-order valence-corrected chi connectivity index (χ4v) is 3.53. The van der Waals surface area contributed by atoms with Crippen LogP contribution in [0.4, 0.5) is 0 Å². The average molecular weight is 395 g/mol. The fourth-order valence-electron chi connectivity index (χ4n) is 3.53. The van der Waals surface area contributed by atoms with Crippen LogP contribution in [0.3, 0.4) is 0 Å². The number of hydrogen-bond acceptors (Lipinski definition) is 2. The van der Waals surface area contributed by atoms with E-state index in [0.717, 1.165) is 55.4 Å². The van der Waals surface area contributed by atoms with Gasteiger partial charge in [-0.2, -0.15) is 0 Å². The van der Waals surface area contributed by atoms with E-state index in [9.17, 15) is 5.11 Å². The number of phenolic OH excluding ortho intramolecular Hbond substituents is 1. The molecule has 0 bridgehead atoms. The van der Waals surface area contributed by atoms with E-state index in [1.807, 2.05) is 13.0 Å². The molecule has 0 amide bonds. The summed E-state index contributed by atoms with van der Waals surface area (Å²) in [6.07, 6.45) is 17.7. The van der Waals surface area contributed by atoms with Crippen LogP contribution in [0.1, 0.15) is 84.3 Å². The predicted molar refractivity (Wildman–Crippen MR) is 126 cm³/mol. The van der Waals surface area contributed by atoms with Gasteiger partial charge >= 0.3 is 0 Å². The van der Waals surface area contributed by atoms with Gasteiger partial charge in [0.15, 0.2) is 0 Å². The molecule has 2 nitrogen and oxygen atoms in total. The van der Waals surface area contributed by atoms with Gasteiger partial charge in [0.05, 0.1) is 0 Å². The third kappa shape index (κ3) is 7.61. The first kappa shape index (κ1) is 23.1. The second kappa shape index (κ2) is 10.5. The van der Waals surface area contributed by atoms with Crippen molar-refractivity contribution in [1.29, 1.82) is 0 Å². The summed E-state index contributed by atoms with van der Waals surface area (Å²) in [4.78, 5) is 0. The van der Waals surface area contributed by atoms with Gasteiger partial charge in [-0.1, -0.05) is 41.0 Å². The highest BCUT2D eigenvalue weighted by Crippen LogP contribution is 2.37. The molecule has 158 valence electrons. The van der Waals surface area contributed by atoms with Crippen molar-refractivity contribution in [2.24, 2.45) is 0 Å². The molecular weight excluding hydrogens is 356 g/mol. The summed E-state index contributed by atoms with van der Waals surface area (Å²) >= 11 is 0. The Morgan fingerprint density at radius 2 is 1.59 bits per heavy atom. The van der Waals surface area contributed by atoms with Crippen molar-refractivity contribution in [3.63, 3.8) is 0 Å². The van der Waals surface area contributed by atoms with Gasteiger partial charge in [-0.3, -0.25) is 0 Å². The van der Waals surface area contributed by atoms with Crippen LogP contribution in [0.15, 0.2) is 53.2 Å². The van der Waals surface area contributed by atoms with Crippen LogP contribution >= 0.6 is 0 Å². The molecule has 1 atom stereocenters. The quantitative estimate of drug-likeness (QED) is 0.429. The van der Waals surface area contributed by atoms with E-state index in [0.29, 0.717) is 5.75 Å². The lowest BCUT2D eigenvalue weighted by Gasteiger charge is -2.31. The zero-order chi connectivity index (χ0) is 21.4. The molecule has 0 saturated heterocycles. The molecule has 29 heavy (non-hydrogen) atoms. The van der Waals surface area contributed by atoms with Gasteiger partial charge < -0.3 is 9.84 Å². The third-order valence-electron chi connectivity index (χ3n) is 5.54. The summed E-state index contributed by atoms with van der Waals surface area (Å²) < 4.78 is 6.26. The Balaban J connectivity index is 1.80. The number of allylic oxidation sites excluding steroid dienone is 6. The summed E-state index contributed by atoms with van der Waals surface area (Å²) in [5.41, 5.74) is 5.84. The smallest absolute Gasteiger partial charge is 0.128 e. The highest BCUT2D eigenvalue weighted by Gasteiger charge is 2.27. The summed E-state index contributed by atoms with van der Waals surface area (Å²) in [6.45, 7) is 12.8. The highest BCUT2D eigenvalue weighted by atomic mass is 16.5. The Morgan fingerprint density at radius 3 is 2.24 bits per heavy atom. The number of benzene rings is 1. The molecule has 0 fully saturated rings. The van der Waals surface area contributed by atoms with Crippen LogP contribution in [-0.4, -0.2) is 10.7 Å². The van der Waals surface area contributed by atoms with Crippen molar-refractivity contribution in [3.8, 4) is 11.5 Å². The molecule has 2 heteroatoms. The number of aryl methyl sites for hydroxylation is 1. The van der Waals surface area contributed by atoms with Gasteiger partial charge in [-0.25, -0.2) is 0 Å². The SMILES string of the molecule is CC(C)=CCC/C(C)=C/CC/C(C)=C/CCC1(C)C=Cc2cc(O)c(C)cc2O1. The highest BCUT2D eigenvalue weighted by molar-refractivity contribution is 5.64. The summed E-state index contributed by atoms with van der Waals surface area (Å²) in [6, 6.07) is 3.71. The van der Waals surface area contributed by atoms with Gasteiger partial charge in [-0.05, 0) is 104 Å². The van der Waals surface area contributed by atoms with E-state index in [-0.39, 0.29) is 5.60 Å². The van der Waals surface area contributed by atoms with Gasteiger partial charge in [0.1, 0.15) is 17.1 Å². The largest absolute Gasteiger partial charge is 0.508 e. The van der Waals surface area contributed by atoms with Gasteiger partial charge in [-0.15, -0.1) is 0 Å². The Bertz CT molecular complexity index is 819. The van der Waals surface area contributed by atoms with E-state index in [1.54, 1.807) is 6.07 Å². The number of hydrogen-bond donors (Lipinski definition) is 1. The molecular formula is C27H38O2. The first-order chi connectivity index (χ1) is 13.7. The standard InChI is InChI=1S/C27H38O2/c1-20(2)10-7-11-21(3)12-8-13-22(4)14-9-16-27(6)17-15-24-19-25(28)23(5)18-26(24)29-27/h10,12,14-15,17-19,28H,7-9,11,13,16H2,1-6H3/b21-12+,22-14+. The maximum absolute atomic E-state index is 9.87. The van der Waals surface area contributed by atoms with Gasteiger partial charge in [0, 0.05) is 5.56 Å². The summed E-state index contributed by atoms with van der Waals surface area (Å²) in [5, 5.41) is 9.87. The molecule has 1 aromatic rings. The monoisotopic (exact) mass is 394 g/mol. The van der Waals surface area contributed by atoms with Crippen molar-refractivity contribution in [1.82, 2.24) is 0 Å². The first-order valence-corrected chi connectivity index (χ1v) is 10.8. The number of phenols is 1. The second-order valence-electron chi connectivity index (χ2n) is 8.92. The normalized spacial score (nSPS) is 19.0. The Kier molecular flexibility index (Phi) is 8.37. The maximum Gasteiger partial charge on any atom is 0.128 e. The minimum atomic E-state index is -0.297. The van der Waals surface area contributed by atoms with E-state index < -0.39 is 0 Å². The maximum atomic E-state index is 9.87. The molecule has 0 aliphatic carbocycles. The van der Waals surface area contributed by atoms with Crippen LogP contribution in [0, 0.1) is 6.92 Å². The average Bonchev–Trinajstić information content (AvgIpc) is 2.63. The zero-order valence-corrected chi connectivity index (χ0v) is 19.1. The minimum Gasteiger partial charge on any atom is -0.508 e. The first-order valence-electron chi connectivity index (χ1n) is 10.8. The van der Waals surface area contributed by atoms with Crippen LogP contribution in [0.2, 0.25) is 0 Å². The molecule has 2 rings (SSSR count). The molecule has 1 aromatic carbocycles. The van der Waals surface area contributed by atoms with Gasteiger partial charge in [0.2, 0.25) is 0 Å². The topological polar surface area (TPSA) is 29.5 Å². The second-order valence-corrected chi connectivity index (χ2v) is 8.92. The molecule has 1 aliphatic rings. The van der Waals surface area contributed by atoms with Crippen LogP contribution < -0.4 is 4.74 Å². The molecule has 1 unspecified atom stereocenters. The fraction of sp³-hybridized carbons (Fsp3) is 0.481. The van der Waals surface area contributed by atoms with Crippen molar-refractivity contribution in [2.75, 3.05) is 0 Å². The predicted octanol–water partition coefficient (Wildman–Crippen LogP) is 8.06. The molecule has 0 saturated carbocycles. The number of ether oxygens (including phenoxy) is 1. The lowest BCUT2D eigenvalue weighted by Crippen LogP contribution is -2.31. The minimum absolute atomic E-state index is 0.297. The van der Waals surface area contributed by atoms with E-state index in [2.05, 4.69) is 65.0 Å². The van der Waals surface area contributed by atoms with Crippen LogP contribution in [0.5, 0.6) is 11.5 Å². The Labute approximate surface area is 177 Å². The zero-order valence-electron chi connectivity index (χ0n) is 19.1. The van der Waals surface area contributed by atoms with Gasteiger partial charge in [0.25, 0.3) is 0 Å². The third-order valence-corrected chi connectivity index (χ3v) is 5.54. The molecule has 1 N–H and O–H groups in total. The van der Waals surface area contributed by atoms with E-state index >= 15 is 0 Å². The number of aromatic hydroxyl groups is 1. The molecule has 0 spiro atoms. The Morgan fingerprint density at radius 1 is 0.966 bits per heavy atom. The van der Waals surface area contributed by atoms with E-state index in [4.69, 9.17) is 4.74 Å². The lowest BCUT2D eigenvalue weighted by atomic mass is 9.94. The van der Waals surface area contributed by atoms with Crippen molar-refractivity contribution >= 4 is 6.08 Å². The van der Waals surface area contributed by atoms with Crippen molar-refractivity contribution < 1.29 is 9.84 Å². The number of fused-ring (bicyclic) bond motifs is 1.